The van der Waals surface area contributed by atoms with Crippen molar-refractivity contribution in [1.29, 1.82) is 0 Å². The Morgan fingerprint density at radius 2 is 1.58 bits per heavy atom. The van der Waals surface area contributed by atoms with Crippen molar-refractivity contribution < 1.29 is 38.1 Å². The van der Waals surface area contributed by atoms with E-state index in [1.807, 2.05) is 14.1 Å². The molecule has 1 saturated heterocycles. The zero-order chi connectivity index (χ0) is 27.3. The second-order valence-electron chi connectivity index (χ2n) is 9.21. The van der Waals surface area contributed by atoms with Crippen LogP contribution in [-0.2, 0) is 28.5 Å². The maximum absolute atomic E-state index is 13.1. The molecule has 1 aromatic carbocycles. The topological polar surface area (TPSA) is 136 Å². The van der Waals surface area contributed by atoms with E-state index in [2.05, 4.69) is 15.5 Å². The fourth-order valence-corrected chi connectivity index (χ4v) is 4.08. The first-order valence-electron chi connectivity index (χ1n) is 12.9. The Balaban J connectivity index is 1.30. The minimum absolute atomic E-state index is 0.0669. The SMILES string of the molecule is CN(C)CCOCCOCCOCCOCCC(=O)Nc1cccc2c1C(=O)N(C1CCCNC1=O)C2=O. The molecule has 2 aliphatic heterocycles. The maximum Gasteiger partial charge on any atom is 0.264 e. The number of rotatable bonds is 17. The highest BCUT2D eigenvalue weighted by Gasteiger charge is 2.44. The lowest BCUT2D eigenvalue weighted by atomic mass is 10.1. The standard InChI is InChI=1S/C26H38N4O8/c1-29(2)10-12-36-14-16-38-18-17-37-15-13-35-11-8-22(31)28-20-6-3-5-19-23(20)26(34)30(25(19)33)21-7-4-9-27-24(21)32/h3,5-6,21H,4,7-18H2,1-2H3,(H,27,32)(H,28,31). The van der Waals surface area contributed by atoms with Crippen molar-refractivity contribution in [2.24, 2.45) is 0 Å². The Bertz CT molecular complexity index is 971. The number of hydrogen-bond acceptors (Lipinski definition) is 9. The molecule has 3 rings (SSSR count). The van der Waals surface area contributed by atoms with E-state index in [1.165, 1.54) is 6.07 Å². The number of piperidine rings is 1. The molecule has 0 radical (unpaired) electrons. The molecule has 1 fully saturated rings. The van der Waals surface area contributed by atoms with Gasteiger partial charge in [-0.3, -0.25) is 24.1 Å². The van der Waals surface area contributed by atoms with Crippen molar-refractivity contribution in [2.75, 3.05) is 85.4 Å². The van der Waals surface area contributed by atoms with Gasteiger partial charge in [-0.1, -0.05) is 6.07 Å². The molecule has 1 aromatic rings. The number of carbonyl (C=O) groups excluding carboxylic acids is 4. The number of amides is 4. The molecule has 2 heterocycles. The molecule has 12 nitrogen and oxygen atoms in total. The normalized spacial score (nSPS) is 17.2. The molecule has 1 atom stereocenters. The smallest absolute Gasteiger partial charge is 0.264 e. The molecule has 1 unspecified atom stereocenters. The largest absolute Gasteiger partial charge is 0.379 e. The van der Waals surface area contributed by atoms with Crippen LogP contribution in [0.2, 0.25) is 0 Å². The quantitative estimate of drug-likeness (QED) is 0.217. The lowest BCUT2D eigenvalue weighted by molar-refractivity contribution is -0.126. The molecular formula is C26H38N4O8. The van der Waals surface area contributed by atoms with Crippen molar-refractivity contribution in [3.63, 3.8) is 0 Å². The summed E-state index contributed by atoms with van der Waals surface area (Å²) in [4.78, 5) is 53.7. The monoisotopic (exact) mass is 534 g/mol. The van der Waals surface area contributed by atoms with E-state index < -0.39 is 17.9 Å². The molecular weight excluding hydrogens is 496 g/mol. The summed E-state index contributed by atoms with van der Waals surface area (Å²) in [7, 11) is 3.99. The van der Waals surface area contributed by atoms with Gasteiger partial charge in [0.25, 0.3) is 11.8 Å². The Kier molecular flexibility index (Phi) is 12.1. The van der Waals surface area contributed by atoms with Gasteiger partial charge in [-0.25, -0.2) is 0 Å². The van der Waals surface area contributed by atoms with Crippen LogP contribution in [0.1, 0.15) is 40.0 Å². The Morgan fingerprint density at radius 1 is 0.947 bits per heavy atom. The average Bonchev–Trinajstić information content (AvgIpc) is 3.14. The van der Waals surface area contributed by atoms with Gasteiger partial charge < -0.3 is 34.5 Å². The molecule has 2 aliphatic rings. The van der Waals surface area contributed by atoms with E-state index in [0.717, 1.165) is 11.4 Å². The van der Waals surface area contributed by atoms with Gasteiger partial charge in [0.15, 0.2) is 0 Å². The number of imide groups is 1. The van der Waals surface area contributed by atoms with Crippen LogP contribution in [0, 0.1) is 0 Å². The number of ether oxygens (including phenoxy) is 4. The van der Waals surface area contributed by atoms with Gasteiger partial charge in [0, 0.05) is 13.1 Å². The minimum atomic E-state index is -0.839. The van der Waals surface area contributed by atoms with E-state index in [-0.39, 0.29) is 41.7 Å². The molecule has 0 aliphatic carbocycles. The Labute approximate surface area is 222 Å². The fraction of sp³-hybridized carbons (Fsp3) is 0.615. The zero-order valence-electron chi connectivity index (χ0n) is 22.2. The van der Waals surface area contributed by atoms with Crippen LogP contribution in [0.25, 0.3) is 0 Å². The Morgan fingerprint density at radius 3 is 2.21 bits per heavy atom. The second kappa shape index (κ2) is 15.5. The van der Waals surface area contributed by atoms with Crippen LogP contribution in [0.15, 0.2) is 18.2 Å². The van der Waals surface area contributed by atoms with Gasteiger partial charge >= 0.3 is 0 Å². The first-order chi connectivity index (χ1) is 18.4. The van der Waals surface area contributed by atoms with Gasteiger partial charge in [0.1, 0.15) is 6.04 Å². The van der Waals surface area contributed by atoms with E-state index in [0.29, 0.717) is 65.6 Å². The van der Waals surface area contributed by atoms with Crippen molar-refractivity contribution in [2.45, 2.75) is 25.3 Å². The summed E-state index contributed by atoms with van der Waals surface area (Å²) < 4.78 is 21.7. The van der Waals surface area contributed by atoms with Crippen LogP contribution in [-0.4, -0.2) is 120 Å². The molecule has 4 amide bonds. The molecule has 12 heteroatoms. The van der Waals surface area contributed by atoms with Crippen LogP contribution >= 0.6 is 0 Å². The van der Waals surface area contributed by atoms with Crippen LogP contribution in [0.5, 0.6) is 0 Å². The molecule has 0 aromatic heterocycles. The van der Waals surface area contributed by atoms with Crippen LogP contribution in [0.4, 0.5) is 5.69 Å². The molecule has 0 bridgehead atoms. The number of nitrogens with one attached hydrogen (secondary N) is 2. The summed E-state index contributed by atoms with van der Waals surface area (Å²) in [6.45, 7) is 4.91. The predicted octanol–water partition coefficient (Wildman–Crippen LogP) is 0.518. The second-order valence-corrected chi connectivity index (χ2v) is 9.21. The van der Waals surface area contributed by atoms with Crippen molar-refractivity contribution >= 4 is 29.3 Å². The highest BCUT2D eigenvalue weighted by molar-refractivity contribution is 6.25. The molecule has 210 valence electrons. The van der Waals surface area contributed by atoms with Crippen molar-refractivity contribution in [3.8, 4) is 0 Å². The van der Waals surface area contributed by atoms with Gasteiger partial charge in [-0.2, -0.15) is 0 Å². The number of likely N-dealkylation sites (N-methyl/N-ethyl adjacent to an activating group) is 1. The number of carbonyl (C=O) groups is 4. The summed E-state index contributed by atoms with van der Waals surface area (Å²) in [5, 5.41) is 5.39. The summed E-state index contributed by atoms with van der Waals surface area (Å²) >= 11 is 0. The molecule has 0 saturated carbocycles. The number of hydrogen-bond donors (Lipinski definition) is 2. The highest BCUT2D eigenvalue weighted by Crippen LogP contribution is 2.32. The third-order valence-electron chi connectivity index (χ3n) is 6.06. The molecule has 38 heavy (non-hydrogen) atoms. The van der Waals surface area contributed by atoms with E-state index in [1.54, 1.807) is 12.1 Å². The lowest BCUT2D eigenvalue weighted by Gasteiger charge is -2.28. The summed E-state index contributed by atoms with van der Waals surface area (Å²) in [6, 6.07) is 3.85. The summed E-state index contributed by atoms with van der Waals surface area (Å²) in [5.74, 6) is -1.79. The first kappa shape index (κ1) is 29.7. The van der Waals surface area contributed by atoms with Gasteiger partial charge in [0.2, 0.25) is 11.8 Å². The number of benzene rings is 1. The maximum atomic E-state index is 13.1. The summed E-state index contributed by atoms with van der Waals surface area (Å²) in [5.41, 5.74) is 0.539. The van der Waals surface area contributed by atoms with Gasteiger partial charge in [-0.05, 0) is 39.1 Å². The molecule has 0 spiro atoms. The number of nitrogens with zero attached hydrogens (tertiary/aromatic N) is 2. The third-order valence-corrected chi connectivity index (χ3v) is 6.06. The first-order valence-corrected chi connectivity index (χ1v) is 12.9. The number of fused-ring (bicyclic) bond motifs is 1. The van der Waals surface area contributed by atoms with Crippen LogP contribution < -0.4 is 10.6 Å². The average molecular weight is 535 g/mol. The zero-order valence-corrected chi connectivity index (χ0v) is 22.2. The van der Waals surface area contributed by atoms with Crippen molar-refractivity contribution in [3.05, 3.63) is 29.3 Å². The van der Waals surface area contributed by atoms with Gasteiger partial charge in [0.05, 0.1) is 76.1 Å². The third kappa shape index (κ3) is 8.57. The highest BCUT2D eigenvalue weighted by atomic mass is 16.6. The minimum Gasteiger partial charge on any atom is -0.379 e. The fourth-order valence-electron chi connectivity index (χ4n) is 4.08. The predicted molar refractivity (Wildman–Crippen MR) is 138 cm³/mol. The lowest BCUT2D eigenvalue weighted by Crippen LogP contribution is -2.52. The Hall–Kier alpha value is -2.90. The van der Waals surface area contributed by atoms with E-state index in [4.69, 9.17) is 18.9 Å². The van der Waals surface area contributed by atoms with E-state index in [9.17, 15) is 19.2 Å². The molecule has 2 N–H and O–H groups in total. The van der Waals surface area contributed by atoms with Gasteiger partial charge in [-0.15, -0.1) is 0 Å². The number of anilines is 1. The van der Waals surface area contributed by atoms with Crippen molar-refractivity contribution in [1.82, 2.24) is 15.1 Å². The summed E-state index contributed by atoms with van der Waals surface area (Å²) in [6.07, 6.45) is 1.16. The van der Waals surface area contributed by atoms with Crippen LogP contribution in [0.3, 0.4) is 0 Å². The van der Waals surface area contributed by atoms with E-state index >= 15 is 0 Å².